The first-order valence-electron chi connectivity index (χ1n) is 7.53. The Labute approximate surface area is 146 Å². The normalized spacial score (nSPS) is 11.5. The van der Waals surface area contributed by atoms with Gasteiger partial charge in [0.1, 0.15) is 5.82 Å². The van der Waals surface area contributed by atoms with E-state index in [2.05, 4.69) is 25.0 Å². The molecule has 0 saturated carbocycles. The lowest BCUT2D eigenvalue weighted by atomic mass is 10.3. The maximum absolute atomic E-state index is 11.7. The summed E-state index contributed by atoms with van der Waals surface area (Å²) in [4.78, 5) is 13.1. The van der Waals surface area contributed by atoms with Crippen molar-refractivity contribution in [2.45, 2.75) is 11.8 Å². The van der Waals surface area contributed by atoms with Crippen molar-refractivity contribution in [1.29, 1.82) is 0 Å². The third kappa shape index (κ3) is 3.52. The summed E-state index contributed by atoms with van der Waals surface area (Å²) in [6.45, 7) is 1.92. The molecular weight excluding hydrogens is 340 g/mol. The molecule has 0 aliphatic heterocycles. The number of aromatic nitrogens is 4. The monoisotopic (exact) mass is 358 g/mol. The van der Waals surface area contributed by atoms with Gasteiger partial charge in [-0.15, -0.1) is 0 Å². The van der Waals surface area contributed by atoms with Gasteiger partial charge in [-0.1, -0.05) is 0 Å². The Morgan fingerprint density at radius 1 is 1.08 bits per heavy atom. The van der Waals surface area contributed by atoms with Gasteiger partial charge in [0.2, 0.25) is 16.0 Å². The smallest absolute Gasteiger partial charge is 0.240 e. The number of hydrogen-bond donors (Lipinski definition) is 2. The Kier molecular flexibility index (Phi) is 4.51. The summed E-state index contributed by atoms with van der Waals surface area (Å²) in [5, 5.41) is 3.07. The highest BCUT2D eigenvalue weighted by atomic mass is 32.2. The molecule has 0 unspecified atom stereocenters. The molecule has 8 nitrogen and oxygen atoms in total. The molecule has 0 aliphatic carbocycles. The maximum Gasteiger partial charge on any atom is 0.240 e. The fraction of sp³-hybridized carbons (Fsp3) is 0.188. The summed E-state index contributed by atoms with van der Waals surface area (Å²) in [5.41, 5.74) is 2.32. The minimum absolute atomic E-state index is 0.195. The van der Waals surface area contributed by atoms with Crippen LogP contribution in [0.15, 0.2) is 47.6 Å². The van der Waals surface area contributed by atoms with Crippen LogP contribution in [0.1, 0.15) is 5.82 Å². The SMILES string of the molecule is CNS(=O)(=O)c1ccc(Nc2nccc(-c3cnc(C)n3C)n2)cc1. The predicted molar refractivity (Wildman–Crippen MR) is 94.9 cm³/mol. The zero-order chi connectivity index (χ0) is 18.0. The van der Waals surface area contributed by atoms with Crippen LogP contribution in [0.2, 0.25) is 0 Å². The Morgan fingerprint density at radius 3 is 2.40 bits per heavy atom. The van der Waals surface area contributed by atoms with Crippen molar-refractivity contribution < 1.29 is 8.42 Å². The van der Waals surface area contributed by atoms with E-state index < -0.39 is 10.0 Å². The molecule has 2 N–H and O–H groups in total. The molecule has 2 heterocycles. The van der Waals surface area contributed by atoms with E-state index in [0.29, 0.717) is 11.6 Å². The van der Waals surface area contributed by atoms with Crippen molar-refractivity contribution in [3.05, 3.63) is 48.5 Å². The fourth-order valence-electron chi connectivity index (χ4n) is 2.27. The Hall–Kier alpha value is -2.78. The quantitative estimate of drug-likeness (QED) is 0.721. The lowest BCUT2D eigenvalue weighted by molar-refractivity contribution is 0.588. The molecule has 0 fully saturated rings. The first kappa shape index (κ1) is 17.1. The van der Waals surface area contributed by atoms with Crippen molar-refractivity contribution in [2.24, 2.45) is 7.05 Å². The van der Waals surface area contributed by atoms with Crippen molar-refractivity contribution in [3.63, 3.8) is 0 Å². The second kappa shape index (κ2) is 6.61. The molecular formula is C16H18N6O2S. The van der Waals surface area contributed by atoms with Gasteiger partial charge in [-0.05, 0) is 44.3 Å². The number of sulfonamides is 1. The number of anilines is 2. The zero-order valence-electron chi connectivity index (χ0n) is 14.1. The van der Waals surface area contributed by atoms with E-state index >= 15 is 0 Å². The molecule has 3 aromatic rings. The molecule has 0 atom stereocenters. The van der Waals surface area contributed by atoms with Gasteiger partial charge < -0.3 is 9.88 Å². The average molecular weight is 358 g/mol. The van der Waals surface area contributed by atoms with Crippen LogP contribution in [0, 0.1) is 6.92 Å². The number of aryl methyl sites for hydroxylation is 1. The molecule has 9 heteroatoms. The molecule has 1 aromatic carbocycles. The minimum atomic E-state index is -3.45. The fourth-order valence-corrected chi connectivity index (χ4v) is 3.00. The zero-order valence-corrected chi connectivity index (χ0v) is 14.9. The number of nitrogens with one attached hydrogen (secondary N) is 2. The van der Waals surface area contributed by atoms with Gasteiger partial charge in [-0.2, -0.15) is 0 Å². The van der Waals surface area contributed by atoms with E-state index in [0.717, 1.165) is 17.2 Å². The van der Waals surface area contributed by atoms with Gasteiger partial charge in [0.05, 0.1) is 22.5 Å². The van der Waals surface area contributed by atoms with Gasteiger partial charge in [0.25, 0.3) is 0 Å². The summed E-state index contributed by atoms with van der Waals surface area (Å²) in [6.07, 6.45) is 3.42. The summed E-state index contributed by atoms with van der Waals surface area (Å²) >= 11 is 0. The van der Waals surface area contributed by atoms with E-state index in [1.165, 1.54) is 19.2 Å². The van der Waals surface area contributed by atoms with Crippen molar-refractivity contribution in [1.82, 2.24) is 24.2 Å². The van der Waals surface area contributed by atoms with Gasteiger partial charge >= 0.3 is 0 Å². The van der Waals surface area contributed by atoms with E-state index in [4.69, 9.17) is 0 Å². The standard InChI is InChI=1S/C16H18N6O2S/c1-11-19-10-15(22(11)3)14-8-9-18-16(21-14)20-12-4-6-13(7-5-12)25(23,24)17-2/h4-10,17H,1-3H3,(H,18,20,21). The van der Waals surface area contributed by atoms with Gasteiger partial charge in [0, 0.05) is 18.9 Å². The van der Waals surface area contributed by atoms with Crippen molar-refractivity contribution in [3.8, 4) is 11.4 Å². The van der Waals surface area contributed by atoms with Crippen LogP contribution in [-0.4, -0.2) is 35.0 Å². The summed E-state index contributed by atoms with van der Waals surface area (Å²) < 4.78 is 27.7. The van der Waals surface area contributed by atoms with Crippen LogP contribution in [0.3, 0.4) is 0 Å². The lowest BCUT2D eigenvalue weighted by Gasteiger charge is -2.08. The molecule has 130 valence electrons. The van der Waals surface area contributed by atoms with Crippen LogP contribution >= 0.6 is 0 Å². The van der Waals surface area contributed by atoms with Gasteiger partial charge in [-0.25, -0.2) is 28.1 Å². The summed E-state index contributed by atoms with van der Waals surface area (Å²) in [7, 11) is -0.151. The van der Waals surface area contributed by atoms with E-state index in [1.807, 2.05) is 24.6 Å². The predicted octanol–water partition coefficient (Wildman–Crippen LogP) is 1.84. The van der Waals surface area contributed by atoms with E-state index in [1.54, 1.807) is 24.5 Å². The Bertz CT molecular complexity index is 996. The molecule has 3 rings (SSSR count). The number of benzene rings is 1. The van der Waals surface area contributed by atoms with Crippen molar-refractivity contribution >= 4 is 21.7 Å². The topological polar surface area (TPSA) is 102 Å². The molecule has 0 spiro atoms. The Morgan fingerprint density at radius 2 is 1.80 bits per heavy atom. The second-order valence-electron chi connectivity index (χ2n) is 5.37. The van der Waals surface area contributed by atoms with Crippen LogP contribution in [-0.2, 0) is 17.1 Å². The molecule has 0 aliphatic rings. The highest BCUT2D eigenvalue weighted by Gasteiger charge is 2.11. The summed E-state index contributed by atoms with van der Waals surface area (Å²) in [5.74, 6) is 1.31. The molecule has 0 radical (unpaired) electrons. The first-order chi connectivity index (χ1) is 11.9. The average Bonchev–Trinajstić information content (AvgIpc) is 2.95. The molecule has 25 heavy (non-hydrogen) atoms. The highest BCUT2D eigenvalue weighted by molar-refractivity contribution is 7.89. The largest absolute Gasteiger partial charge is 0.330 e. The van der Waals surface area contributed by atoms with E-state index in [-0.39, 0.29) is 4.90 Å². The number of nitrogens with zero attached hydrogens (tertiary/aromatic N) is 4. The summed E-state index contributed by atoms with van der Waals surface area (Å²) in [6, 6.07) is 8.16. The lowest BCUT2D eigenvalue weighted by Crippen LogP contribution is -2.18. The van der Waals surface area contributed by atoms with Crippen LogP contribution in [0.25, 0.3) is 11.4 Å². The number of rotatable bonds is 5. The third-order valence-electron chi connectivity index (χ3n) is 3.83. The van der Waals surface area contributed by atoms with E-state index in [9.17, 15) is 8.42 Å². The minimum Gasteiger partial charge on any atom is -0.330 e. The third-order valence-corrected chi connectivity index (χ3v) is 5.26. The first-order valence-corrected chi connectivity index (χ1v) is 9.01. The number of hydrogen-bond acceptors (Lipinski definition) is 6. The molecule has 0 bridgehead atoms. The van der Waals surface area contributed by atoms with Gasteiger partial charge in [0.15, 0.2) is 0 Å². The van der Waals surface area contributed by atoms with Crippen molar-refractivity contribution in [2.75, 3.05) is 12.4 Å². The van der Waals surface area contributed by atoms with Crippen LogP contribution in [0.4, 0.5) is 11.6 Å². The van der Waals surface area contributed by atoms with Crippen LogP contribution in [0.5, 0.6) is 0 Å². The second-order valence-corrected chi connectivity index (χ2v) is 7.26. The highest BCUT2D eigenvalue weighted by Crippen LogP contribution is 2.20. The molecule has 0 saturated heterocycles. The number of imidazole rings is 1. The Balaban J connectivity index is 1.84. The van der Waals surface area contributed by atoms with Gasteiger partial charge in [-0.3, -0.25) is 0 Å². The maximum atomic E-state index is 11.7. The molecule has 2 aromatic heterocycles. The van der Waals surface area contributed by atoms with Crippen LogP contribution < -0.4 is 10.0 Å². The molecule has 0 amide bonds.